The number of thiazole rings is 1. The fourth-order valence-corrected chi connectivity index (χ4v) is 3.18. The van der Waals surface area contributed by atoms with Crippen LogP contribution < -0.4 is 10.6 Å². The van der Waals surface area contributed by atoms with Gasteiger partial charge in [0, 0.05) is 35.9 Å². The molecule has 3 aromatic rings. The van der Waals surface area contributed by atoms with Crippen LogP contribution >= 0.6 is 22.9 Å². The summed E-state index contributed by atoms with van der Waals surface area (Å²) in [5.74, 6) is 0.808. The molecule has 0 bridgehead atoms. The van der Waals surface area contributed by atoms with Crippen LogP contribution in [0.5, 0.6) is 0 Å². The third kappa shape index (κ3) is 4.49. The van der Waals surface area contributed by atoms with Gasteiger partial charge in [0.25, 0.3) is 0 Å². The zero-order valence-corrected chi connectivity index (χ0v) is 15.1. The molecule has 0 saturated heterocycles. The highest BCUT2D eigenvalue weighted by Gasteiger charge is 2.03. The van der Waals surface area contributed by atoms with Crippen molar-refractivity contribution < 1.29 is 0 Å². The van der Waals surface area contributed by atoms with E-state index in [4.69, 9.17) is 11.6 Å². The van der Waals surface area contributed by atoms with E-state index in [0.717, 1.165) is 41.1 Å². The number of halogens is 1. The van der Waals surface area contributed by atoms with Crippen LogP contribution in [0.1, 0.15) is 18.2 Å². The number of hydrogen-bond acceptors (Lipinski definition) is 3. The molecule has 126 valence electrons. The van der Waals surface area contributed by atoms with E-state index in [1.54, 1.807) is 11.3 Å². The molecule has 0 aliphatic heterocycles. The monoisotopic (exact) mass is 361 g/mol. The van der Waals surface area contributed by atoms with Crippen LogP contribution in [-0.4, -0.2) is 28.4 Å². The molecule has 0 aliphatic rings. The first kappa shape index (κ1) is 16.8. The number of aromatic nitrogens is 2. The molecular weight excluding hydrogens is 342 g/mol. The number of rotatable bonds is 6. The van der Waals surface area contributed by atoms with Crippen molar-refractivity contribution in [3.63, 3.8) is 0 Å². The van der Waals surface area contributed by atoms with Crippen molar-refractivity contribution in [1.82, 2.24) is 20.0 Å². The van der Waals surface area contributed by atoms with Gasteiger partial charge in [-0.3, -0.25) is 4.40 Å². The summed E-state index contributed by atoms with van der Waals surface area (Å²) >= 11 is 7.53. The van der Waals surface area contributed by atoms with Gasteiger partial charge in [0.15, 0.2) is 10.9 Å². The van der Waals surface area contributed by atoms with Gasteiger partial charge in [0.1, 0.15) is 0 Å². The molecule has 0 fully saturated rings. The third-order valence-corrected chi connectivity index (χ3v) is 4.53. The van der Waals surface area contributed by atoms with Crippen molar-refractivity contribution in [2.24, 2.45) is 4.99 Å². The van der Waals surface area contributed by atoms with Crippen molar-refractivity contribution in [3.05, 3.63) is 58.3 Å². The Kier molecular flexibility index (Phi) is 5.72. The van der Waals surface area contributed by atoms with E-state index in [2.05, 4.69) is 27.5 Å². The van der Waals surface area contributed by atoms with E-state index in [1.165, 1.54) is 5.56 Å². The second-order valence-corrected chi connectivity index (χ2v) is 6.63. The summed E-state index contributed by atoms with van der Waals surface area (Å²) in [5, 5.41) is 9.41. The molecule has 0 saturated carbocycles. The lowest BCUT2D eigenvalue weighted by Gasteiger charge is -2.11. The fourth-order valence-electron chi connectivity index (χ4n) is 2.33. The van der Waals surface area contributed by atoms with Crippen LogP contribution in [0, 0.1) is 0 Å². The number of hydrogen-bond donors (Lipinski definition) is 2. The van der Waals surface area contributed by atoms with Crippen molar-refractivity contribution in [2.45, 2.75) is 19.9 Å². The standard InChI is InChI=1S/C17H20ClN5S/c1-2-19-16(20-8-7-13-3-5-14(18)6-4-13)21-11-15-12-23-9-10-24-17(23)22-15/h3-6,9-10,12H,2,7-8,11H2,1H3,(H2,19,20,21). The summed E-state index contributed by atoms with van der Waals surface area (Å²) in [6.45, 7) is 4.25. The molecule has 3 rings (SSSR count). The smallest absolute Gasteiger partial charge is 0.193 e. The molecule has 0 spiro atoms. The summed E-state index contributed by atoms with van der Waals surface area (Å²) in [5.41, 5.74) is 2.22. The Hall–Kier alpha value is -2.05. The van der Waals surface area contributed by atoms with Gasteiger partial charge in [-0.15, -0.1) is 11.3 Å². The molecule has 2 heterocycles. The lowest BCUT2D eigenvalue weighted by molar-refractivity contribution is 0.797. The summed E-state index contributed by atoms with van der Waals surface area (Å²) in [7, 11) is 0. The van der Waals surface area contributed by atoms with E-state index < -0.39 is 0 Å². The second-order valence-electron chi connectivity index (χ2n) is 5.32. The molecule has 0 aliphatic carbocycles. The normalized spacial score (nSPS) is 11.8. The predicted molar refractivity (Wildman–Crippen MR) is 101 cm³/mol. The average molecular weight is 362 g/mol. The zero-order chi connectivity index (χ0) is 16.8. The van der Waals surface area contributed by atoms with Crippen molar-refractivity contribution in [3.8, 4) is 0 Å². The number of nitrogens with zero attached hydrogens (tertiary/aromatic N) is 3. The summed E-state index contributed by atoms with van der Waals surface area (Å²) in [6.07, 6.45) is 4.95. The molecule has 1 aromatic carbocycles. The molecule has 0 atom stereocenters. The number of guanidine groups is 1. The maximum Gasteiger partial charge on any atom is 0.193 e. The molecular formula is C17H20ClN5S. The van der Waals surface area contributed by atoms with Gasteiger partial charge in [0.2, 0.25) is 0 Å². The maximum absolute atomic E-state index is 5.91. The first-order valence-electron chi connectivity index (χ1n) is 7.92. The highest BCUT2D eigenvalue weighted by molar-refractivity contribution is 7.15. The van der Waals surface area contributed by atoms with Gasteiger partial charge in [-0.2, -0.15) is 0 Å². The molecule has 24 heavy (non-hydrogen) atoms. The maximum atomic E-state index is 5.91. The minimum atomic E-state index is 0.560. The first-order valence-corrected chi connectivity index (χ1v) is 9.18. The lowest BCUT2D eigenvalue weighted by Crippen LogP contribution is -2.38. The van der Waals surface area contributed by atoms with Crippen LogP contribution in [0.4, 0.5) is 0 Å². The number of imidazole rings is 1. The number of aliphatic imine (C=N–C) groups is 1. The Morgan fingerprint density at radius 1 is 1.29 bits per heavy atom. The average Bonchev–Trinajstić information content (AvgIpc) is 3.16. The van der Waals surface area contributed by atoms with E-state index >= 15 is 0 Å². The van der Waals surface area contributed by atoms with Crippen LogP contribution in [0.15, 0.2) is 47.0 Å². The second kappa shape index (κ2) is 8.17. The largest absolute Gasteiger partial charge is 0.357 e. The van der Waals surface area contributed by atoms with E-state index in [9.17, 15) is 0 Å². The molecule has 0 amide bonds. The van der Waals surface area contributed by atoms with Gasteiger partial charge in [-0.05, 0) is 31.0 Å². The van der Waals surface area contributed by atoms with Crippen molar-refractivity contribution in [2.75, 3.05) is 13.1 Å². The minimum absolute atomic E-state index is 0.560. The van der Waals surface area contributed by atoms with E-state index in [1.807, 2.05) is 46.4 Å². The van der Waals surface area contributed by atoms with Crippen LogP contribution in [-0.2, 0) is 13.0 Å². The topological polar surface area (TPSA) is 53.7 Å². The number of benzene rings is 1. The third-order valence-electron chi connectivity index (χ3n) is 3.51. The number of fused-ring (bicyclic) bond motifs is 1. The Bertz CT molecular complexity index is 777. The van der Waals surface area contributed by atoms with Gasteiger partial charge < -0.3 is 10.6 Å². The molecule has 0 unspecified atom stereocenters. The van der Waals surface area contributed by atoms with E-state index in [-0.39, 0.29) is 0 Å². The highest BCUT2D eigenvalue weighted by atomic mass is 35.5. The lowest BCUT2D eigenvalue weighted by atomic mass is 10.1. The Balaban J connectivity index is 1.54. The minimum Gasteiger partial charge on any atom is -0.357 e. The Morgan fingerprint density at radius 3 is 2.88 bits per heavy atom. The molecule has 2 N–H and O–H groups in total. The van der Waals surface area contributed by atoms with Crippen LogP contribution in [0.25, 0.3) is 4.96 Å². The van der Waals surface area contributed by atoms with Gasteiger partial charge in [0.05, 0.1) is 12.2 Å². The Labute approximate surface area is 150 Å². The summed E-state index contributed by atoms with van der Waals surface area (Å²) in [6, 6.07) is 7.93. The summed E-state index contributed by atoms with van der Waals surface area (Å²) < 4.78 is 2.02. The predicted octanol–water partition coefficient (Wildman–Crippen LogP) is 3.35. The van der Waals surface area contributed by atoms with Crippen LogP contribution in [0.3, 0.4) is 0 Å². The number of nitrogens with one attached hydrogen (secondary N) is 2. The van der Waals surface area contributed by atoms with Crippen molar-refractivity contribution in [1.29, 1.82) is 0 Å². The summed E-state index contributed by atoms with van der Waals surface area (Å²) in [4.78, 5) is 10.2. The van der Waals surface area contributed by atoms with Gasteiger partial charge in [-0.1, -0.05) is 23.7 Å². The SMILES string of the molecule is CCNC(=NCc1cn2ccsc2n1)NCCc1ccc(Cl)cc1. The molecule has 5 nitrogen and oxygen atoms in total. The van der Waals surface area contributed by atoms with Crippen LogP contribution in [0.2, 0.25) is 5.02 Å². The Morgan fingerprint density at radius 2 is 2.12 bits per heavy atom. The highest BCUT2D eigenvalue weighted by Crippen LogP contribution is 2.12. The quantitative estimate of drug-likeness (QED) is 0.523. The molecule has 7 heteroatoms. The molecule has 0 radical (unpaired) electrons. The fraction of sp³-hybridized carbons (Fsp3) is 0.294. The van der Waals surface area contributed by atoms with Gasteiger partial charge >= 0.3 is 0 Å². The zero-order valence-electron chi connectivity index (χ0n) is 13.5. The van der Waals surface area contributed by atoms with E-state index in [0.29, 0.717) is 6.54 Å². The van der Waals surface area contributed by atoms with Crippen molar-refractivity contribution >= 4 is 33.9 Å². The first-order chi connectivity index (χ1) is 11.7. The van der Waals surface area contributed by atoms with Gasteiger partial charge in [-0.25, -0.2) is 9.98 Å². The molecule has 2 aromatic heterocycles.